The molecule has 2 rings (SSSR count). The van der Waals surface area contributed by atoms with Crippen LogP contribution in [0.5, 0.6) is 11.5 Å². The fourth-order valence-corrected chi connectivity index (χ4v) is 3.47. The molecular weight excluding hydrogens is 379 g/mol. The summed E-state index contributed by atoms with van der Waals surface area (Å²) < 4.78 is 0. The van der Waals surface area contributed by atoms with Gasteiger partial charge < -0.3 is 10.2 Å². The Morgan fingerprint density at radius 3 is 1.19 bits per heavy atom. The van der Waals surface area contributed by atoms with Crippen LogP contribution < -0.4 is 0 Å². The summed E-state index contributed by atoms with van der Waals surface area (Å²) in [4.78, 5) is 0. The Morgan fingerprint density at radius 2 is 0.926 bits per heavy atom. The number of benzene rings is 2. The summed E-state index contributed by atoms with van der Waals surface area (Å²) in [6.07, 6.45) is 0.416. The normalized spacial score (nSPS) is 12.4. The molecule has 148 valence electrons. The Labute approximate surface area is 173 Å². The first-order valence-electron chi connectivity index (χ1n) is 9.21. The minimum Gasteiger partial charge on any atom is -0.507 e. The number of hydrogen-bond acceptors (Lipinski definition) is 2. The third kappa shape index (κ3) is 4.92. The van der Waals surface area contributed by atoms with Crippen molar-refractivity contribution < 1.29 is 10.2 Å². The number of hydrogen-bond donors (Lipinski definition) is 2. The van der Waals surface area contributed by atoms with Crippen molar-refractivity contribution in [1.29, 1.82) is 0 Å². The molecular formula is C23H30Cl2O2. The second-order valence-electron chi connectivity index (χ2n) is 9.23. The predicted octanol–water partition coefficient (Wildman–Crippen LogP) is 6.76. The van der Waals surface area contributed by atoms with E-state index in [1.165, 1.54) is 0 Å². The SMILES string of the molecule is CC(C)(C)c1cc(CCl)c(O)c(Cc2cc(C(C)(C)C)cc(CCl)c2O)c1. The van der Waals surface area contributed by atoms with E-state index in [2.05, 4.69) is 41.5 Å². The second-order valence-corrected chi connectivity index (χ2v) is 9.76. The Bertz CT molecular complexity index is 758. The topological polar surface area (TPSA) is 40.5 Å². The van der Waals surface area contributed by atoms with Crippen LogP contribution >= 0.6 is 23.2 Å². The van der Waals surface area contributed by atoms with Crippen molar-refractivity contribution in [1.82, 2.24) is 0 Å². The van der Waals surface area contributed by atoms with Gasteiger partial charge in [-0.3, -0.25) is 0 Å². The Morgan fingerprint density at radius 1 is 0.630 bits per heavy atom. The zero-order chi connectivity index (χ0) is 20.6. The zero-order valence-electron chi connectivity index (χ0n) is 17.1. The molecule has 2 N–H and O–H groups in total. The first-order valence-corrected chi connectivity index (χ1v) is 10.3. The lowest BCUT2D eigenvalue weighted by Gasteiger charge is -2.24. The van der Waals surface area contributed by atoms with Gasteiger partial charge in [0.05, 0.1) is 11.8 Å². The first-order chi connectivity index (χ1) is 12.4. The monoisotopic (exact) mass is 408 g/mol. The number of rotatable bonds is 4. The largest absolute Gasteiger partial charge is 0.507 e. The van der Waals surface area contributed by atoms with Crippen LogP contribution in [0.4, 0.5) is 0 Å². The fourth-order valence-electron chi connectivity index (χ4n) is 3.06. The molecule has 2 aromatic carbocycles. The van der Waals surface area contributed by atoms with Crippen LogP contribution in [-0.2, 0) is 29.0 Å². The second kappa shape index (κ2) is 7.93. The summed E-state index contributed by atoms with van der Waals surface area (Å²) in [5.74, 6) is 0.880. The average Bonchev–Trinajstić information content (AvgIpc) is 2.56. The molecule has 0 aliphatic rings. The molecule has 0 fully saturated rings. The summed E-state index contributed by atoms with van der Waals surface area (Å²) in [7, 11) is 0. The standard InChI is InChI=1S/C23H30Cl2O2/c1-22(2,3)18-8-14(20(26)16(10-18)12-24)7-15-9-19(23(4,5)6)11-17(13-25)21(15)27/h8-11,26-27H,7,12-13H2,1-6H3. The van der Waals surface area contributed by atoms with E-state index in [9.17, 15) is 10.2 Å². The Kier molecular flexibility index (Phi) is 6.44. The van der Waals surface area contributed by atoms with Gasteiger partial charge in [-0.1, -0.05) is 65.8 Å². The number of alkyl halides is 2. The molecule has 27 heavy (non-hydrogen) atoms. The molecule has 0 saturated heterocycles. The molecule has 0 saturated carbocycles. The minimum absolute atomic E-state index is 0.0696. The lowest BCUT2D eigenvalue weighted by molar-refractivity contribution is 0.456. The van der Waals surface area contributed by atoms with Crippen LogP contribution in [0.3, 0.4) is 0 Å². The zero-order valence-corrected chi connectivity index (χ0v) is 18.6. The van der Waals surface area contributed by atoms with Crippen molar-refractivity contribution in [3.63, 3.8) is 0 Å². The Hall–Kier alpha value is -1.38. The highest BCUT2D eigenvalue weighted by Crippen LogP contribution is 2.37. The smallest absolute Gasteiger partial charge is 0.123 e. The van der Waals surface area contributed by atoms with E-state index < -0.39 is 0 Å². The van der Waals surface area contributed by atoms with Gasteiger partial charge in [0.2, 0.25) is 0 Å². The third-order valence-electron chi connectivity index (χ3n) is 4.94. The summed E-state index contributed by atoms with van der Waals surface area (Å²) in [6, 6.07) is 7.94. The highest BCUT2D eigenvalue weighted by atomic mass is 35.5. The van der Waals surface area contributed by atoms with Gasteiger partial charge in [-0.15, -0.1) is 23.2 Å². The van der Waals surface area contributed by atoms with Gasteiger partial charge in [-0.25, -0.2) is 0 Å². The highest BCUT2D eigenvalue weighted by Gasteiger charge is 2.22. The fraction of sp³-hybridized carbons (Fsp3) is 0.478. The molecule has 0 atom stereocenters. The van der Waals surface area contributed by atoms with E-state index in [4.69, 9.17) is 23.2 Å². The van der Waals surface area contributed by atoms with Gasteiger partial charge in [0, 0.05) is 17.5 Å². The number of aromatic hydroxyl groups is 2. The van der Waals surface area contributed by atoms with E-state index >= 15 is 0 Å². The van der Waals surface area contributed by atoms with Crippen LogP contribution in [0, 0.1) is 0 Å². The lowest BCUT2D eigenvalue weighted by atomic mass is 9.82. The Balaban J connectivity index is 2.63. The maximum atomic E-state index is 10.7. The molecule has 0 aliphatic heterocycles. The highest BCUT2D eigenvalue weighted by molar-refractivity contribution is 6.17. The van der Waals surface area contributed by atoms with Gasteiger partial charge in [0.15, 0.2) is 0 Å². The van der Waals surface area contributed by atoms with Gasteiger partial charge in [-0.05, 0) is 33.1 Å². The molecule has 0 unspecified atom stereocenters. The molecule has 0 aliphatic carbocycles. The maximum Gasteiger partial charge on any atom is 0.123 e. The number of halogens is 2. The molecule has 2 nitrogen and oxygen atoms in total. The van der Waals surface area contributed by atoms with Crippen molar-refractivity contribution in [2.24, 2.45) is 0 Å². The minimum atomic E-state index is -0.0696. The predicted molar refractivity (Wildman–Crippen MR) is 116 cm³/mol. The average molecular weight is 409 g/mol. The van der Waals surface area contributed by atoms with Crippen LogP contribution in [0.25, 0.3) is 0 Å². The van der Waals surface area contributed by atoms with Crippen molar-refractivity contribution in [2.75, 3.05) is 0 Å². The summed E-state index contributed by atoms with van der Waals surface area (Å²) in [6.45, 7) is 12.8. The van der Waals surface area contributed by atoms with Crippen molar-refractivity contribution >= 4 is 23.2 Å². The summed E-state index contributed by atoms with van der Waals surface area (Å²) in [5.41, 5.74) is 5.02. The van der Waals surface area contributed by atoms with Crippen LogP contribution in [0.2, 0.25) is 0 Å². The van der Waals surface area contributed by atoms with Gasteiger partial charge in [0.1, 0.15) is 11.5 Å². The van der Waals surface area contributed by atoms with E-state index in [0.717, 1.165) is 22.3 Å². The van der Waals surface area contributed by atoms with E-state index in [-0.39, 0.29) is 34.1 Å². The molecule has 0 aromatic heterocycles. The van der Waals surface area contributed by atoms with Gasteiger partial charge in [0.25, 0.3) is 0 Å². The molecule has 2 aromatic rings. The van der Waals surface area contributed by atoms with E-state index in [1.807, 2.05) is 24.3 Å². The van der Waals surface area contributed by atoms with Crippen LogP contribution in [0.15, 0.2) is 24.3 Å². The maximum absolute atomic E-state index is 10.7. The van der Waals surface area contributed by atoms with Gasteiger partial charge >= 0.3 is 0 Å². The van der Waals surface area contributed by atoms with E-state index in [1.54, 1.807) is 0 Å². The van der Waals surface area contributed by atoms with Gasteiger partial charge in [-0.2, -0.15) is 0 Å². The molecule has 4 heteroatoms. The molecule has 0 spiro atoms. The van der Waals surface area contributed by atoms with Crippen molar-refractivity contribution in [2.45, 2.75) is 70.6 Å². The summed E-state index contributed by atoms with van der Waals surface area (Å²) >= 11 is 12.1. The first kappa shape index (κ1) is 21.9. The van der Waals surface area contributed by atoms with Crippen LogP contribution in [-0.4, -0.2) is 10.2 Å². The third-order valence-corrected chi connectivity index (χ3v) is 5.51. The van der Waals surface area contributed by atoms with Crippen molar-refractivity contribution in [3.05, 3.63) is 57.6 Å². The number of phenols is 2. The molecule has 0 heterocycles. The molecule has 0 bridgehead atoms. The molecule has 0 amide bonds. The summed E-state index contributed by atoms with van der Waals surface area (Å²) in [5, 5.41) is 21.4. The van der Waals surface area contributed by atoms with Crippen molar-refractivity contribution in [3.8, 4) is 11.5 Å². The van der Waals surface area contributed by atoms with E-state index in [0.29, 0.717) is 17.5 Å². The lowest BCUT2D eigenvalue weighted by Crippen LogP contribution is -2.13. The van der Waals surface area contributed by atoms with Crippen LogP contribution in [0.1, 0.15) is 74.9 Å². The number of phenolic OH excluding ortho intramolecular Hbond substituents is 2. The molecule has 0 radical (unpaired) electrons. The quantitative estimate of drug-likeness (QED) is 0.548.